The zero-order valence-electron chi connectivity index (χ0n) is 12.5. The van der Waals surface area contributed by atoms with Crippen molar-refractivity contribution in [1.82, 2.24) is 0 Å². The topological polar surface area (TPSA) is 56.8 Å². The fraction of sp³-hybridized carbons (Fsp3) is 0.188. The first-order valence-electron chi connectivity index (χ1n) is 6.46. The van der Waals surface area contributed by atoms with Crippen LogP contribution in [0.15, 0.2) is 36.4 Å². The summed E-state index contributed by atoms with van der Waals surface area (Å²) in [5.41, 5.74) is 1.18. The molecule has 0 aromatic heterocycles. The van der Waals surface area contributed by atoms with Gasteiger partial charge in [0.25, 0.3) is 5.91 Å². The zero-order valence-corrected chi connectivity index (χ0v) is 14.6. The molecule has 0 bridgehead atoms. The van der Waals surface area contributed by atoms with E-state index in [0.29, 0.717) is 22.8 Å². The van der Waals surface area contributed by atoms with Gasteiger partial charge in [-0.15, -0.1) is 0 Å². The molecule has 2 aromatic carbocycles. The lowest BCUT2D eigenvalue weighted by molar-refractivity contribution is 0.102. The fourth-order valence-corrected chi connectivity index (χ4v) is 2.49. The quantitative estimate of drug-likeness (QED) is 0.762. The molecule has 0 atom stereocenters. The Hall–Kier alpha value is -1.96. The van der Waals surface area contributed by atoms with E-state index in [2.05, 4.69) is 27.9 Å². The number of hydrogen-bond donors (Lipinski definition) is 1. The van der Waals surface area contributed by atoms with E-state index in [9.17, 15) is 4.79 Å². The van der Waals surface area contributed by atoms with Gasteiger partial charge in [-0.25, -0.2) is 0 Å². The lowest BCUT2D eigenvalue weighted by atomic mass is 10.1. The van der Waals surface area contributed by atoms with Crippen molar-refractivity contribution in [1.29, 1.82) is 0 Å². The van der Waals surface area contributed by atoms with Crippen LogP contribution in [0.3, 0.4) is 0 Å². The van der Waals surface area contributed by atoms with Gasteiger partial charge in [0, 0.05) is 9.13 Å². The minimum absolute atomic E-state index is 0.247. The Bertz CT molecular complexity index is 663. The first kappa shape index (κ1) is 16.4. The van der Waals surface area contributed by atoms with Crippen molar-refractivity contribution in [3.8, 4) is 17.2 Å². The molecule has 5 nitrogen and oxygen atoms in total. The number of methoxy groups -OCH3 is 3. The molecule has 22 heavy (non-hydrogen) atoms. The summed E-state index contributed by atoms with van der Waals surface area (Å²) in [6.07, 6.45) is 0. The van der Waals surface area contributed by atoms with Crippen molar-refractivity contribution in [2.24, 2.45) is 0 Å². The van der Waals surface area contributed by atoms with Crippen LogP contribution in [0.2, 0.25) is 0 Å². The molecule has 0 aliphatic heterocycles. The third-order valence-electron chi connectivity index (χ3n) is 3.05. The molecule has 0 unspecified atom stereocenters. The maximum Gasteiger partial charge on any atom is 0.255 e. The predicted octanol–water partition coefficient (Wildman–Crippen LogP) is 3.57. The summed E-state index contributed by atoms with van der Waals surface area (Å²) >= 11 is 2.17. The molecular weight excluding hydrogens is 397 g/mol. The van der Waals surface area contributed by atoms with E-state index in [1.807, 2.05) is 24.3 Å². The lowest BCUT2D eigenvalue weighted by Gasteiger charge is -2.14. The van der Waals surface area contributed by atoms with Crippen LogP contribution < -0.4 is 19.5 Å². The minimum atomic E-state index is -0.247. The van der Waals surface area contributed by atoms with Crippen molar-refractivity contribution in [3.63, 3.8) is 0 Å². The van der Waals surface area contributed by atoms with Crippen LogP contribution in [0.4, 0.5) is 5.69 Å². The van der Waals surface area contributed by atoms with E-state index in [1.165, 1.54) is 21.3 Å². The largest absolute Gasteiger partial charge is 0.493 e. The van der Waals surface area contributed by atoms with E-state index in [4.69, 9.17) is 14.2 Å². The number of benzene rings is 2. The van der Waals surface area contributed by atoms with Gasteiger partial charge in [-0.3, -0.25) is 4.79 Å². The van der Waals surface area contributed by atoms with Crippen LogP contribution in [0.5, 0.6) is 17.2 Å². The van der Waals surface area contributed by atoms with Gasteiger partial charge in [-0.05, 0) is 46.9 Å². The molecule has 2 aromatic rings. The smallest absolute Gasteiger partial charge is 0.255 e. The minimum Gasteiger partial charge on any atom is -0.493 e. The van der Waals surface area contributed by atoms with Gasteiger partial charge < -0.3 is 19.5 Å². The van der Waals surface area contributed by atoms with Gasteiger partial charge in [0.2, 0.25) is 5.75 Å². The Morgan fingerprint density at radius 2 is 1.59 bits per heavy atom. The third kappa shape index (κ3) is 3.44. The average Bonchev–Trinajstić information content (AvgIpc) is 2.55. The monoisotopic (exact) mass is 413 g/mol. The standard InChI is InChI=1S/C16H16INO4/c1-20-13-8-10(9-14(21-2)15(13)22-3)16(19)18-12-7-5-4-6-11(12)17/h4-9H,1-3H3,(H,18,19). The van der Waals surface area contributed by atoms with Crippen LogP contribution in [-0.4, -0.2) is 27.2 Å². The number of halogens is 1. The highest BCUT2D eigenvalue weighted by Gasteiger charge is 2.17. The average molecular weight is 413 g/mol. The van der Waals surface area contributed by atoms with E-state index in [1.54, 1.807) is 12.1 Å². The van der Waals surface area contributed by atoms with Crippen LogP contribution >= 0.6 is 22.6 Å². The maximum absolute atomic E-state index is 12.4. The molecule has 6 heteroatoms. The molecule has 1 amide bonds. The molecule has 0 saturated carbocycles. The van der Waals surface area contributed by atoms with Gasteiger partial charge in [0.05, 0.1) is 27.0 Å². The van der Waals surface area contributed by atoms with E-state index < -0.39 is 0 Å². The summed E-state index contributed by atoms with van der Waals surface area (Å²) in [5, 5.41) is 2.87. The number of anilines is 1. The van der Waals surface area contributed by atoms with Gasteiger partial charge in [0.15, 0.2) is 11.5 Å². The SMILES string of the molecule is COc1cc(C(=O)Nc2ccccc2I)cc(OC)c1OC. The molecule has 0 saturated heterocycles. The first-order chi connectivity index (χ1) is 10.6. The highest BCUT2D eigenvalue weighted by Crippen LogP contribution is 2.38. The van der Waals surface area contributed by atoms with Crippen LogP contribution in [0.1, 0.15) is 10.4 Å². The highest BCUT2D eigenvalue weighted by molar-refractivity contribution is 14.1. The molecule has 0 aliphatic rings. The summed E-state index contributed by atoms with van der Waals surface area (Å²) < 4.78 is 16.7. The number of rotatable bonds is 5. The molecular formula is C16H16INO4. The van der Waals surface area contributed by atoms with E-state index in [0.717, 1.165) is 9.26 Å². The number of hydrogen-bond acceptors (Lipinski definition) is 4. The second kappa shape index (κ2) is 7.35. The Kier molecular flexibility index (Phi) is 5.48. The van der Waals surface area contributed by atoms with Crippen molar-refractivity contribution >= 4 is 34.2 Å². The number of para-hydroxylation sites is 1. The molecule has 0 spiro atoms. The van der Waals surface area contributed by atoms with Gasteiger partial charge >= 0.3 is 0 Å². The number of ether oxygens (including phenoxy) is 3. The van der Waals surface area contributed by atoms with E-state index in [-0.39, 0.29) is 5.91 Å². The summed E-state index contributed by atoms with van der Waals surface area (Å²) in [6, 6.07) is 10.8. The molecule has 0 radical (unpaired) electrons. The number of nitrogens with one attached hydrogen (secondary N) is 1. The molecule has 0 aliphatic carbocycles. The summed E-state index contributed by atoms with van der Waals surface area (Å²) in [6.45, 7) is 0. The molecule has 0 fully saturated rings. The van der Waals surface area contributed by atoms with Crippen molar-refractivity contribution in [3.05, 3.63) is 45.5 Å². The van der Waals surface area contributed by atoms with Gasteiger partial charge in [-0.1, -0.05) is 12.1 Å². The van der Waals surface area contributed by atoms with Gasteiger partial charge in [0.1, 0.15) is 0 Å². The second-order valence-electron chi connectivity index (χ2n) is 4.35. The highest BCUT2D eigenvalue weighted by atomic mass is 127. The summed E-state index contributed by atoms with van der Waals surface area (Å²) in [5.74, 6) is 1.09. The van der Waals surface area contributed by atoms with Crippen LogP contribution in [-0.2, 0) is 0 Å². The van der Waals surface area contributed by atoms with Crippen LogP contribution in [0, 0.1) is 3.57 Å². The number of carbonyl (C=O) groups is 1. The molecule has 116 valence electrons. The Balaban J connectivity index is 2.36. The summed E-state index contributed by atoms with van der Waals surface area (Å²) in [7, 11) is 4.55. The lowest BCUT2D eigenvalue weighted by Crippen LogP contribution is -2.13. The van der Waals surface area contributed by atoms with Crippen molar-refractivity contribution < 1.29 is 19.0 Å². The van der Waals surface area contributed by atoms with Crippen molar-refractivity contribution in [2.75, 3.05) is 26.6 Å². The Morgan fingerprint density at radius 3 is 2.09 bits per heavy atom. The Labute approximate surface area is 142 Å². The molecule has 0 heterocycles. The Morgan fingerprint density at radius 1 is 1.00 bits per heavy atom. The molecule has 2 rings (SSSR count). The second-order valence-corrected chi connectivity index (χ2v) is 5.51. The predicted molar refractivity (Wildman–Crippen MR) is 93.2 cm³/mol. The maximum atomic E-state index is 12.4. The fourth-order valence-electron chi connectivity index (χ4n) is 1.97. The van der Waals surface area contributed by atoms with Gasteiger partial charge in [-0.2, -0.15) is 0 Å². The number of carbonyl (C=O) groups excluding carboxylic acids is 1. The van der Waals surface area contributed by atoms with E-state index >= 15 is 0 Å². The normalized spacial score (nSPS) is 10.0. The third-order valence-corrected chi connectivity index (χ3v) is 3.99. The summed E-state index contributed by atoms with van der Waals surface area (Å²) in [4.78, 5) is 12.4. The number of amides is 1. The first-order valence-corrected chi connectivity index (χ1v) is 7.54. The van der Waals surface area contributed by atoms with Crippen LogP contribution in [0.25, 0.3) is 0 Å². The van der Waals surface area contributed by atoms with Crippen molar-refractivity contribution in [2.45, 2.75) is 0 Å². The zero-order chi connectivity index (χ0) is 16.1. The molecule has 1 N–H and O–H groups in total.